The Morgan fingerprint density at radius 3 is 2.38 bits per heavy atom. The molecular weight excluding hydrogens is 271 g/mol. The topological polar surface area (TPSA) is 58.5 Å². The fraction of sp³-hybridized carbons (Fsp3) is 0.222. The van der Waals surface area contributed by atoms with E-state index in [-0.39, 0.29) is 10.6 Å². The molecule has 0 amide bonds. The molecule has 4 nitrogen and oxygen atoms in total. The van der Waals surface area contributed by atoms with Gasteiger partial charge in [0.25, 0.3) is 10.0 Å². The second-order valence-electron chi connectivity index (χ2n) is 2.96. The largest absolute Gasteiger partial charge is 0.276 e. The standard InChI is InChI=1S/C9H10Cl2N2O2S/c1-7(9(10)11)12-13-16(14,15)8-5-3-2-4-6-8/h2-6,9,13H,1H3/b12-7-. The molecule has 1 aromatic rings. The van der Waals surface area contributed by atoms with Crippen molar-refractivity contribution >= 4 is 38.9 Å². The third-order valence-corrected chi connectivity index (χ3v) is 3.57. The smallest absolute Gasteiger partial charge is 0.200 e. The molecule has 88 valence electrons. The molecule has 0 saturated heterocycles. The molecule has 0 aromatic heterocycles. The van der Waals surface area contributed by atoms with E-state index in [4.69, 9.17) is 23.2 Å². The first kappa shape index (κ1) is 13.3. The van der Waals surface area contributed by atoms with Crippen LogP contribution in [0.3, 0.4) is 0 Å². The minimum absolute atomic E-state index is 0.132. The fourth-order valence-electron chi connectivity index (χ4n) is 0.833. The summed E-state index contributed by atoms with van der Waals surface area (Å²) in [6.45, 7) is 1.53. The zero-order valence-electron chi connectivity index (χ0n) is 8.39. The van der Waals surface area contributed by atoms with E-state index in [1.807, 2.05) is 4.83 Å². The lowest BCUT2D eigenvalue weighted by atomic mass is 10.4. The number of nitrogens with zero attached hydrogens (tertiary/aromatic N) is 1. The van der Waals surface area contributed by atoms with Crippen LogP contribution in [0.4, 0.5) is 0 Å². The molecule has 1 rings (SSSR count). The van der Waals surface area contributed by atoms with Crippen molar-refractivity contribution in [3.63, 3.8) is 0 Å². The zero-order chi connectivity index (χ0) is 12.2. The van der Waals surface area contributed by atoms with Crippen LogP contribution in [-0.2, 0) is 10.0 Å². The van der Waals surface area contributed by atoms with Crippen molar-refractivity contribution < 1.29 is 8.42 Å². The highest BCUT2D eigenvalue weighted by atomic mass is 35.5. The van der Waals surface area contributed by atoms with Gasteiger partial charge in [0.05, 0.1) is 10.6 Å². The van der Waals surface area contributed by atoms with Gasteiger partial charge < -0.3 is 0 Å². The lowest BCUT2D eigenvalue weighted by Crippen LogP contribution is -2.21. The highest BCUT2D eigenvalue weighted by Gasteiger charge is 2.12. The van der Waals surface area contributed by atoms with Gasteiger partial charge in [-0.3, -0.25) is 0 Å². The first-order valence-electron chi connectivity index (χ1n) is 4.32. The Bertz CT molecular complexity index is 472. The second-order valence-corrected chi connectivity index (χ2v) is 5.72. The molecule has 0 aliphatic heterocycles. The summed E-state index contributed by atoms with van der Waals surface area (Å²) in [5, 5.41) is 3.59. The molecule has 0 radical (unpaired) electrons. The van der Waals surface area contributed by atoms with Gasteiger partial charge in [-0.05, 0) is 19.1 Å². The van der Waals surface area contributed by atoms with Gasteiger partial charge in [0.15, 0.2) is 0 Å². The number of hydrogen-bond donors (Lipinski definition) is 1. The fourth-order valence-corrected chi connectivity index (χ4v) is 1.82. The van der Waals surface area contributed by atoms with Gasteiger partial charge >= 0.3 is 0 Å². The SMILES string of the molecule is C/C(=N/NS(=O)(=O)c1ccccc1)C(Cl)Cl. The van der Waals surface area contributed by atoms with E-state index in [0.29, 0.717) is 0 Å². The first-order chi connectivity index (χ1) is 7.43. The average molecular weight is 281 g/mol. The Morgan fingerprint density at radius 2 is 1.88 bits per heavy atom. The highest BCUT2D eigenvalue weighted by Crippen LogP contribution is 2.08. The number of halogens is 2. The highest BCUT2D eigenvalue weighted by molar-refractivity contribution is 7.89. The predicted molar refractivity (Wildman–Crippen MR) is 65.4 cm³/mol. The Balaban J connectivity index is 2.86. The maximum absolute atomic E-state index is 11.7. The van der Waals surface area contributed by atoms with Crippen LogP contribution in [0.15, 0.2) is 40.3 Å². The van der Waals surface area contributed by atoms with Crippen LogP contribution in [0.25, 0.3) is 0 Å². The molecule has 0 heterocycles. The molecule has 0 unspecified atom stereocenters. The van der Waals surface area contributed by atoms with E-state index in [1.165, 1.54) is 19.1 Å². The molecule has 7 heteroatoms. The van der Waals surface area contributed by atoms with Crippen LogP contribution in [0.1, 0.15) is 6.92 Å². The van der Waals surface area contributed by atoms with Crippen molar-refractivity contribution in [2.45, 2.75) is 16.7 Å². The molecule has 0 spiro atoms. The summed E-state index contributed by atoms with van der Waals surface area (Å²) in [4.78, 5) is 1.34. The Kier molecular flexibility index (Phi) is 4.58. The van der Waals surface area contributed by atoms with Crippen LogP contribution >= 0.6 is 23.2 Å². The molecule has 1 N–H and O–H groups in total. The Hall–Kier alpha value is -0.780. The lowest BCUT2D eigenvalue weighted by Gasteiger charge is -2.04. The number of sulfonamides is 1. The zero-order valence-corrected chi connectivity index (χ0v) is 10.7. The van der Waals surface area contributed by atoms with E-state index in [2.05, 4.69) is 5.10 Å². The first-order valence-corrected chi connectivity index (χ1v) is 6.68. The second kappa shape index (κ2) is 5.52. The summed E-state index contributed by atoms with van der Waals surface area (Å²) in [6.07, 6.45) is 0. The van der Waals surface area contributed by atoms with Crippen LogP contribution in [0, 0.1) is 0 Å². The number of alkyl halides is 2. The van der Waals surface area contributed by atoms with E-state index in [1.54, 1.807) is 18.2 Å². The number of hydrazone groups is 1. The number of nitrogens with one attached hydrogen (secondary N) is 1. The molecular formula is C9H10Cl2N2O2S. The minimum atomic E-state index is -3.64. The van der Waals surface area contributed by atoms with E-state index in [0.717, 1.165) is 0 Å². The summed E-state index contributed by atoms with van der Waals surface area (Å²) in [5.41, 5.74) is 0.280. The Labute approximate surface area is 104 Å². The van der Waals surface area contributed by atoms with Crippen molar-refractivity contribution in [1.29, 1.82) is 0 Å². The molecule has 0 fully saturated rings. The van der Waals surface area contributed by atoms with Crippen molar-refractivity contribution in [2.24, 2.45) is 5.10 Å². The van der Waals surface area contributed by atoms with Crippen molar-refractivity contribution in [3.8, 4) is 0 Å². The molecule has 0 atom stereocenters. The van der Waals surface area contributed by atoms with E-state index in [9.17, 15) is 8.42 Å². The van der Waals surface area contributed by atoms with Crippen molar-refractivity contribution in [3.05, 3.63) is 30.3 Å². The van der Waals surface area contributed by atoms with Gasteiger partial charge in [0.2, 0.25) is 0 Å². The maximum Gasteiger partial charge on any atom is 0.276 e. The molecule has 0 aliphatic rings. The van der Waals surface area contributed by atoms with Gasteiger partial charge in [0.1, 0.15) is 4.84 Å². The van der Waals surface area contributed by atoms with Gasteiger partial charge in [-0.25, -0.2) is 4.83 Å². The van der Waals surface area contributed by atoms with Crippen molar-refractivity contribution in [2.75, 3.05) is 0 Å². The van der Waals surface area contributed by atoms with Crippen LogP contribution < -0.4 is 4.83 Å². The van der Waals surface area contributed by atoms with Crippen LogP contribution in [0.5, 0.6) is 0 Å². The van der Waals surface area contributed by atoms with Crippen LogP contribution in [-0.4, -0.2) is 19.0 Å². The molecule has 0 saturated carbocycles. The summed E-state index contributed by atoms with van der Waals surface area (Å²) in [6, 6.07) is 7.90. The molecule has 1 aromatic carbocycles. The van der Waals surface area contributed by atoms with E-state index >= 15 is 0 Å². The Morgan fingerprint density at radius 1 is 1.31 bits per heavy atom. The summed E-state index contributed by atoms with van der Waals surface area (Å²) >= 11 is 11.0. The number of benzene rings is 1. The van der Waals surface area contributed by atoms with Gasteiger partial charge in [-0.2, -0.15) is 13.5 Å². The monoisotopic (exact) mass is 280 g/mol. The quantitative estimate of drug-likeness (QED) is 0.522. The normalized spacial score (nSPS) is 12.9. The van der Waals surface area contributed by atoms with E-state index < -0.39 is 14.9 Å². The molecule has 0 aliphatic carbocycles. The van der Waals surface area contributed by atoms with Gasteiger partial charge in [-0.1, -0.05) is 41.4 Å². The van der Waals surface area contributed by atoms with Crippen molar-refractivity contribution in [1.82, 2.24) is 4.83 Å². The van der Waals surface area contributed by atoms with Gasteiger partial charge in [0, 0.05) is 0 Å². The average Bonchev–Trinajstić information content (AvgIpc) is 2.27. The number of rotatable bonds is 4. The number of hydrogen-bond acceptors (Lipinski definition) is 3. The third-order valence-electron chi connectivity index (χ3n) is 1.71. The van der Waals surface area contributed by atoms with Gasteiger partial charge in [-0.15, -0.1) is 0 Å². The van der Waals surface area contributed by atoms with Crippen LogP contribution in [0.2, 0.25) is 0 Å². The third kappa shape index (κ3) is 3.66. The predicted octanol–water partition coefficient (Wildman–Crippen LogP) is 2.14. The minimum Gasteiger partial charge on any atom is -0.200 e. The molecule has 16 heavy (non-hydrogen) atoms. The maximum atomic E-state index is 11.7. The lowest BCUT2D eigenvalue weighted by molar-refractivity contribution is 0.584. The molecule has 0 bridgehead atoms. The summed E-state index contributed by atoms with van der Waals surface area (Å²) in [5.74, 6) is 0. The summed E-state index contributed by atoms with van der Waals surface area (Å²) in [7, 11) is -3.64. The summed E-state index contributed by atoms with van der Waals surface area (Å²) < 4.78 is 23.3.